The average molecular weight is 283 g/mol. The fraction of sp³-hybridized carbons (Fsp3) is 0.385. The third-order valence-electron chi connectivity index (χ3n) is 3.21. The Morgan fingerprint density at radius 2 is 2.32 bits per heavy atom. The Bertz CT molecular complexity index is 519. The lowest BCUT2D eigenvalue weighted by molar-refractivity contribution is -0.117. The van der Waals surface area contributed by atoms with Gasteiger partial charge in [-0.3, -0.25) is 4.79 Å². The standard InChI is InChI=1S/C13H15ClN2O3/c1-19-13(18)10-3-2-9(5-11(10)14)16-7-8(6-15)4-12(16)17/h2-3,5,8H,4,6-7,15H2,1H3. The summed E-state index contributed by atoms with van der Waals surface area (Å²) in [4.78, 5) is 24.9. The fourth-order valence-corrected chi connectivity index (χ4v) is 2.39. The molecule has 2 N–H and O–H groups in total. The lowest BCUT2D eigenvalue weighted by Gasteiger charge is -2.17. The summed E-state index contributed by atoms with van der Waals surface area (Å²) in [5.41, 5.74) is 6.55. The number of rotatable bonds is 3. The number of hydrogen-bond donors (Lipinski definition) is 1. The van der Waals surface area contributed by atoms with E-state index in [9.17, 15) is 9.59 Å². The van der Waals surface area contributed by atoms with Crippen molar-refractivity contribution in [2.45, 2.75) is 6.42 Å². The molecule has 102 valence electrons. The second kappa shape index (κ2) is 5.59. The highest BCUT2D eigenvalue weighted by Crippen LogP contribution is 2.28. The lowest BCUT2D eigenvalue weighted by atomic mass is 10.1. The van der Waals surface area contributed by atoms with Gasteiger partial charge in [-0.2, -0.15) is 0 Å². The van der Waals surface area contributed by atoms with Gasteiger partial charge >= 0.3 is 5.97 Å². The smallest absolute Gasteiger partial charge is 0.339 e. The van der Waals surface area contributed by atoms with Crippen molar-refractivity contribution in [3.8, 4) is 0 Å². The molecule has 6 heteroatoms. The van der Waals surface area contributed by atoms with Crippen LogP contribution in [0, 0.1) is 5.92 Å². The molecule has 1 aliphatic rings. The summed E-state index contributed by atoms with van der Waals surface area (Å²) in [7, 11) is 1.29. The minimum atomic E-state index is -0.496. The van der Waals surface area contributed by atoms with Gasteiger partial charge in [-0.1, -0.05) is 11.6 Å². The number of amides is 1. The topological polar surface area (TPSA) is 72.6 Å². The molecule has 1 heterocycles. The molecule has 1 saturated heterocycles. The van der Waals surface area contributed by atoms with Crippen LogP contribution >= 0.6 is 11.6 Å². The Balaban J connectivity index is 2.25. The first-order chi connectivity index (χ1) is 9.06. The molecule has 1 amide bonds. The van der Waals surface area contributed by atoms with Crippen LogP contribution in [-0.4, -0.2) is 32.1 Å². The molecule has 1 aromatic rings. The number of nitrogens with zero attached hydrogens (tertiary/aromatic N) is 1. The van der Waals surface area contributed by atoms with Gasteiger partial charge in [0.05, 0.1) is 17.7 Å². The van der Waals surface area contributed by atoms with E-state index in [-0.39, 0.29) is 22.4 Å². The minimum Gasteiger partial charge on any atom is -0.465 e. The van der Waals surface area contributed by atoms with E-state index in [4.69, 9.17) is 17.3 Å². The number of ether oxygens (including phenoxy) is 1. The number of esters is 1. The monoisotopic (exact) mass is 282 g/mol. The van der Waals surface area contributed by atoms with Crippen LogP contribution in [0.15, 0.2) is 18.2 Å². The summed E-state index contributed by atoms with van der Waals surface area (Å²) in [6.07, 6.45) is 0.451. The summed E-state index contributed by atoms with van der Waals surface area (Å²) in [6, 6.07) is 4.85. The summed E-state index contributed by atoms with van der Waals surface area (Å²) >= 11 is 6.04. The number of hydrogen-bond acceptors (Lipinski definition) is 4. The van der Waals surface area contributed by atoms with Crippen LogP contribution in [0.3, 0.4) is 0 Å². The van der Waals surface area contributed by atoms with Crippen molar-refractivity contribution in [2.75, 3.05) is 25.1 Å². The summed E-state index contributed by atoms with van der Waals surface area (Å²) in [5.74, 6) is -0.298. The maximum Gasteiger partial charge on any atom is 0.339 e. The van der Waals surface area contributed by atoms with Crippen molar-refractivity contribution < 1.29 is 14.3 Å². The Kier molecular flexibility index (Phi) is 4.07. The summed E-state index contributed by atoms with van der Waals surface area (Å²) in [5, 5.41) is 0.272. The SMILES string of the molecule is COC(=O)c1ccc(N2CC(CN)CC2=O)cc1Cl. The van der Waals surface area contributed by atoms with Gasteiger partial charge in [-0.05, 0) is 30.7 Å². The van der Waals surface area contributed by atoms with Crippen molar-refractivity contribution in [1.82, 2.24) is 0 Å². The summed E-state index contributed by atoms with van der Waals surface area (Å²) in [6.45, 7) is 1.07. The highest BCUT2D eigenvalue weighted by Gasteiger charge is 2.30. The molecule has 1 aliphatic heterocycles. The second-order valence-corrected chi connectivity index (χ2v) is 4.87. The predicted molar refractivity (Wildman–Crippen MR) is 72.3 cm³/mol. The van der Waals surface area contributed by atoms with E-state index in [1.54, 1.807) is 23.1 Å². The quantitative estimate of drug-likeness (QED) is 0.852. The third-order valence-corrected chi connectivity index (χ3v) is 3.52. The molecule has 0 spiro atoms. The molecule has 1 atom stereocenters. The number of nitrogens with two attached hydrogens (primary N) is 1. The van der Waals surface area contributed by atoms with E-state index in [0.29, 0.717) is 25.2 Å². The Morgan fingerprint density at radius 1 is 1.58 bits per heavy atom. The van der Waals surface area contributed by atoms with Crippen molar-refractivity contribution in [2.24, 2.45) is 11.7 Å². The number of carbonyl (C=O) groups excluding carboxylic acids is 2. The maximum atomic E-state index is 11.9. The molecule has 2 rings (SSSR count). The van der Waals surface area contributed by atoms with E-state index in [1.165, 1.54) is 7.11 Å². The fourth-order valence-electron chi connectivity index (χ4n) is 2.14. The van der Waals surface area contributed by atoms with E-state index < -0.39 is 5.97 Å². The van der Waals surface area contributed by atoms with Crippen molar-refractivity contribution >= 4 is 29.2 Å². The molecular weight excluding hydrogens is 268 g/mol. The Morgan fingerprint density at radius 3 is 2.84 bits per heavy atom. The van der Waals surface area contributed by atoms with Gasteiger partial charge in [-0.25, -0.2) is 4.79 Å². The normalized spacial score (nSPS) is 18.8. The predicted octanol–water partition coefficient (Wildman–Crippen LogP) is 1.44. The number of carbonyl (C=O) groups is 2. The van der Waals surface area contributed by atoms with Gasteiger partial charge in [0.15, 0.2) is 0 Å². The van der Waals surface area contributed by atoms with Crippen LogP contribution in [-0.2, 0) is 9.53 Å². The molecule has 1 fully saturated rings. The zero-order chi connectivity index (χ0) is 14.0. The zero-order valence-corrected chi connectivity index (χ0v) is 11.3. The molecule has 0 aromatic heterocycles. The molecule has 0 aliphatic carbocycles. The van der Waals surface area contributed by atoms with Crippen LogP contribution in [0.2, 0.25) is 5.02 Å². The highest BCUT2D eigenvalue weighted by atomic mass is 35.5. The van der Waals surface area contributed by atoms with Crippen molar-refractivity contribution in [3.05, 3.63) is 28.8 Å². The van der Waals surface area contributed by atoms with E-state index >= 15 is 0 Å². The lowest BCUT2D eigenvalue weighted by Crippen LogP contribution is -2.25. The van der Waals surface area contributed by atoms with Crippen LogP contribution in [0.25, 0.3) is 0 Å². The van der Waals surface area contributed by atoms with Crippen LogP contribution in [0.1, 0.15) is 16.8 Å². The van der Waals surface area contributed by atoms with Gasteiger partial charge in [0.2, 0.25) is 5.91 Å². The van der Waals surface area contributed by atoms with Crippen LogP contribution < -0.4 is 10.6 Å². The second-order valence-electron chi connectivity index (χ2n) is 4.47. The first-order valence-corrected chi connectivity index (χ1v) is 6.33. The van der Waals surface area contributed by atoms with Crippen LogP contribution in [0.5, 0.6) is 0 Å². The largest absolute Gasteiger partial charge is 0.465 e. The number of halogens is 1. The van der Waals surface area contributed by atoms with Crippen molar-refractivity contribution in [1.29, 1.82) is 0 Å². The highest BCUT2D eigenvalue weighted by molar-refractivity contribution is 6.34. The summed E-state index contributed by atoms with van der Waals surface area (Å²) < 4.78 is 4.62. The zero-order valence-electron chi connectivity index (χ0n) is 10.6. The molecule has 19 heavy (non-hydrogen) atoms. The number of anilines is 1. The number of benzene rings is 1. The molecule has 1 unspecified atom stereocenters. The van der Waals surface area contributed by atoms with Crippen molar-refractivity contribution in [3.63, 3.8) is 0 Å². The molecule has 0 bridgehead atoms. The molecule has 0 saturated carbocycles. The first kappa shape index (κ1) is 13.8. The van der Waals surface area contributed by atoms with E-state index in [1.807, 2.05) is 0 Å². The Labute approximate surface area is 116 Å². The third kappa shape index (κ3) is 2.72. The van der Waals surface area contributed by atoms with Gasteiger partial charge in [0.25, 0.3) is 0 Å². The number of methoxy groups -OCH3 is 1. The van der Waals surface area contributed by atoms with Gasteiger partial charge in [0.1, 0.15) is 0 Å². The minimum absolute atomic E-state index is 0.0253. The van der Waals surface area contributed by atoms with E-state index in [2.05, 4.69) is 4.74 Å². The Hall–Kier alpha value is -1.59. The molecule has 1 aromatic carbocycles. The van der Waals surface area contributed by atoms with Gasteiger partial charge in [0, 0.05) is 18.7 Å². The molecular formula is C13H15ClN2O3. The maximum absolute atomic E-state index is 11.9. The van der Waals surface area contributed by atoms with Gasteiger partial charge < -0.3 is 15.4 Å². The van der Waals surface area contributed by atoms with Crippen LogP contribution in [0.4, 0.5) is 5.69 Å². The first-order valence-electron chi connectivity index (χ1n) is 5.95. The van der Waals surface area contributed by atoms with Gasteiger partial charge in [-0.15, -0.1) is 0 Å². The molecule has 0 radical (unpaired) electrons. The molecule has 5 nitrogen and oxygen atoms in total. The average Bonchev–Trinajstić information content (AvgIpc) is 2.79. The van der Waals surface area contributed by atoms with E-state index in [0.717, 1.165) is 0 Å².